The molecule has 0 N–H and O–H groups in total. The van der Waals surface area contributed by atoms with Crippen molar-refractivity contribution >= 4 is 36.9 Å². The summed E-state index contributed by atoms with van der Waals surface area (Å²) in [5.41, 5.74) is 1.59. The fourth-order valence-electron chi connectivity index (χ4n) is 2.29. The molecule has 22 heavy (non-hydrogen) atoms. The van der Waals surface area contributed by atoms with Gasteiger partial charge in [0.1, 0.15) is 5.75 Å². The van der Waals surface area contributed by atoms with Crippen molar-refractivity contribution in [2.75, 3.05) is 7.11 Å². The molecule has 0 unspecified atom stereocenters. The van der Waals surface area contributed by atoms with E-state index in [1.807, 2.05) is 13.0 Å². The summed E-state index contributed by atoms with van der Waals surface area (Å²) in [7, 11) is -2.10. The Morgan fingerprint density at radius 1 is 1.09 bits per heavy atom. The Hall–Kier alpha value is -1.79. The lowest BCUT2D eigenvalue weighted by Crippen LogP contribution is -2.11. The van der Waals surface area contributed by atoms with Crippen LogP contribution in [0.3, 0.4) is 0 Å². The molecular formula is C16H14BrNO3S. The molecule has 0 aliphatic heterocycles. The van der Waals surface area contributed by atoms with E-state index in [-0.39, 0.29) is 4.90 Å². The van der Waals surface area contributed by atoms with Crippen molar-refractivity contribution in [2.24, 2.45) is 0 Å². The van der Waals surface area contributed by atoms with Crippen LogP contribution in [0.4, 0.5) is 0 Å². The van der Waals surface area contributed by atoms with Crippen LogP contribution in [0.25, 0.3) is 10.9 Å². The summed E-state index contributed by atoms with van der Waals surface area (Å²) in [5.74, 6) is 0.610. The van der Waals surface area contributed by atoms with E-state index in [1.165, 1.54) is 3.97 Å². The third kappa shape index (κ3) is 2.42. The monoisotopic (exact) mass is 379 g/mol. The van der Waals surface area contributed by atoms with Crippen molar-refractivity contribution < 1.29 is 13.2 Å². The van der Waals surface area contributed by atoms with Crippen LogP contribution in [0.15, 0.2) is 58.0 Å². The minimum absolute atomic E-state index is 0.255. The van der Waals surface area contributed by atoms with Crippen LogP contribution in [0.2, 0.25) is 0 Å². The molecule has 0 fully saturated rings. The zero-order chi connectivity index (χ0) is 15.9. The first-order chi connectivity index (χ1) is 10.4. The smallest absolute Gasteiger partial charge is 0.268 e. The van der Waals surface area contributed by atoms with Gasteiger partial charge in [-0.15, -0.1) is 0 Å². The van der Waals surface area contributed by atoms with Gasteiger partial charge in [-0.25, -0.2) is 12.4 Å². The first kappa shape index (κ1) is 15.1. The Kier molecular flexibility index (Phi) is 3.74. The van der Waals surface area contributed by atoms with Crippen molar-refractivity contribution in [1.82, 2.24) is 3.97 Å². The number of methoxy groups -OCH3 is 1. The van der Waals surface area contributed by atoms with Gasteiger partial charge >= 0.3 is 0 Å². The minimum Gasteiger partial charge on any atom is -0.497 e. The van der Waals surface area contributed by atoms with Crippen molar-refractivity contribution in [2.45, 2.75) is 11.8 Å². The number of aryl methyl sites for hydroxylation is 1. The predicted octanol–water partition coefficient (Wildman–Crippen LogP) is 3.96. The summed E-state index contributed by atoms with van der Waals surface area (Å²) in [4.78, 5) is 0.255. The number of hydrogen-bond donors (Lipinski definition) is 0. The lowest BCUT2D eigenvalue weighted by molar-refractivity contribution is 0.415. The van der Waals surface area contributed by atoms with Gasteiger partial charge in [-0.05, 0) is 47.1 Å². The van der Waals surface area contributed by atoms with Crippen molar-refractivity contribution in [3.8, 4) is 5.75 Å². The Morgan fingerprint density at radius 2 is 1.77 bits per heavy atom. The Labute approximate surface area is 137 Å². The third-order valence-electron chi connectivity index (χ3n) is 3.51. The van der Waals surface area contributed by atoms with E-state index < -0.39 is 10.0 Å². The van der Waals surface area contributed by atoms with Crippen LogP contribution >= 0.6 is 15.9 Å². The van der Waals surface area contributed by atoms with Gasteiger partial charge in [0, 0.05) is 22.1 Å². The van der Waals surface area contributed by atoms with E-state index in [9.17, 15) is 8.42 Å². The second-order valence-electron chi connectivity index (χ2n) is 4.97. The SMILES string of the molecule is COc1ccc2c(Br)cn(S(=O)(=O)c3ccc(C)cc3)c2c1. The van der Waals surface area contributed by atoms with Gasteiger partial charge in [0.05, 0.1) is 17.5 Å². The number of fused-ring (bicyclic) bond motifs is 1. The summed E-state index contributed by atoms with van der Waals surface area (Å²) in [6.07, 6.45) is 1.57. The standard InChI is InChI=1S/C16H14BrNO3S/c1-11-3-6-13(7-4-11)22(19,20)18-10-15(17)14-8-5-12(21-2)9-16(14)18/h3-10H,1-2H3. The quantitative estimate of drug-likeness (QED) is 0.691. The van der Waals surface area contributed by atoms with Gasteiger partial charge in [-0.1, -0.05) is 17.7 Å². The zero-order valence-corrected chi connectivity index (χ0v) is 14.5. The molecule has 0 aliphatic rings. The molecule has 4 nitrogen and oxygen atoms in total. The summed E-state index contributed by atoms with van der Waals surface area (Å²) in [6.45, 7) is 1.92. The molecule has 3 aromatic rings. The van der Waals surface area contributed by atoms with Gasteiger partial charge < -0.3 is 4.74 Å². The van der Waals surface area contributed by atoms with E-state index in [2.05, 4.69) is 15.9 Å². The highest BCUT2D eigenvalue weighted by molar-refractivity contribution is 9.10. The second-order valence-corrected chi connectivity index (χ2v) is 7.64. The topological polar surface area (TPSA) is 48.3 Å². The maximum Gasteiger partial charge on any atom is 0.268 e. The molecule has 3 rings (SSSR count). The molecule has 6 heteroatoms. The van der Waals surface area contributed by atoms with E-state index in [1.54, 1.807) is 49.7 Å². The molecule has 0 saturated carbocycles. The molecule has 114 valence electrons. The maximum absolute atomic E-state index is 12.9. The lowest BCUT2D eigenvalue weighted by Gasteiger charge is -2.08. The highest BCUT2D eigenvalue weighted by Crippen LogP contribution is 2.32. The molecule has 0 aliphatic carbocycles. The van der Waals surface area contributed by atoms with Crippen LogP contribution in [-0.4, -0.2) is 19.5 Å². The summed E-state index contributed by atoms with van der Waals surface area (Å²) in [6, 6.07) is 12.2. The van der Waals surface area contributed by atoms with Gasteiger partial charge in [-0.3, -0.25) is 0 Å². The summed E-state index contributed by atoms with van der Waals surface area (Å²) in [5, 5.41) is 0.816. The predicted molar refractivity (Wildman–Crippen MR) is 90.0 cm³/mol. The van der Waals surface area contributed by atoms with E-state index >= 15 is 0 Å². The molecule has 2 aromatic carbocycles. The van der Waals surface area contributed by atoms with Crippen LogP contribution < -0.4 is 4.74 Å². The number of halogens is 1. The number of hydrogen-bond acceptors (Lipinski definition) is 3. The molecule has 0 saturated heterocycles. The molecular weight excluding hydrogens is 366 g/mol. The molecule has 1 aromatic heterocycles. The normalized spacial score (nSPS) is 11.8. The van der Waals surface area contributed by atoms with Crippen LogP contribution in [0.5, 0.6) is 5.75 Å². The zero-order valence-electron chi connectivity index (χ0n) is 12.1. The number of benzene rings is 2. The highest BCUT2D eigenvalue weighted by Gasteiger charge is 2.21. The Bertz CT molecular complexity index is 943. The van der Waals surface area contributed by atoms with E-state index in [0.717, 1.165) is 15.4 Å². The third-order valence-corrected chi connectivity index (χ3v) is 5.83. The number of nitrogens with zero attached hydrogens (tertiary/aromatic N) is 1. The molecule has 0 atom stereocenters. The van der Waals surface area contributed by atoms with Gasteiger partial charge in [-0.2, -0.15) is 0 Å². The Morgan fingerprint density at radius 3 is 2.41 bits per heavy atom. The lowest BCUT2D eigenvalue weighted by atomic mass is 10.2. The van der Waals surface area contributed by atoms with Crippen molar-refractivity contribution in [3.05, 3.63) is 58.7 Å². The van der Waals surface area contributed by atoms with Crippen LogP contribution in [0, 0.1) is 6.92 Å². The largest absolute Gasteiger partial charge is 0.497 e. The molecule has 0 spiro atoms. The molecule has 0 radical (unpaired) electrons. The molecule has 0 bridgehead atoms. The number of aromatic nitrogens is 1. The Balaban J connectivity index is 2.26. The van der Waals surface area contributed by atoms with E-state index in [4.69, 9.17) is 4.74 Å². The van der Waals surface area contributed by atoms with Gasteiger partial charge in [0.25, 0.3) is 10.0 Å². The van der Waals surface area contributed by atoms with Crippen molar-refractivity contribution in [1.29, 1.82) is 0 Å². The number of ether oxygens (including phenoxy) is 1. The van der Waals surface area contributed by atoms with Crippen molar-refractivity contribution in [3.63, 3.8) is 0 Å². The summed E-state index contributed by atoms with van der Waals surface area (Å²) >= 11 is 3.41. The van der Waals surface area contributed by atoms with E-state index in [0.29, 0.717) is 11.3 Å². The highest BCUT2D eigenvalue weighted by atomic mass is 79.9. The maximum atomic E-state index is 12.9. The second kappa shape index (κ2) is 5.44. The minimum atomic E-state index is -3.66. The first-order valence-electron chi connectivity index (χ1n) is 6.60. The van der Waals surface area contributed by atoms with Gasteiger partial charge in [0.15, 0.2) is 0 Å². The van der Waals surface area contributed by atoms with Crippen LogP contribution in [0.1, 0.15) is 5.56 Å². The average Bonchev–Trinajstić information content (AvgIpc) is 2.85. The fourth-order valence-corrected chi connectivity index (χ4v) is 4.32. The molecule has 0 amide bonds. The van der Waals surface area contributed by atoms with Gasteiger partial charge in [0.2, 0.25) is 0 Å². The average molecular weight is 380 g/mol. The first-order valence-corrected chi connectivity index (χ1v) is 8.83. The number of rotatable bonds is 3. The van der Waals surface area contributed by atoms with Crippen LogP contribution in [-0.2, 0) is 10.0 Å². The fraction of sp³-hybridized carbons (Fsp3) is 0.125. The molecule has 1 heterocycles. The summed E-state index contributed by atoms with van der Waals surface area (Å²) < 4.78 is 32.9.